The number of para-hydroxylation sites is 2. The largest absolute Gasteiger partial charge is 0.444 e. The van der Waals surface area contributed by atoms with Gasteiger partial charge in [-0.05, 0) is 74.9 Å². The topological polar surface area (TPSA) is 110 Å². The van der Waals surface area contributed by atoms with Gasteiger partial charge in [-0.25, -0.2) is 17.2 Å². The predicted molar refractivity (Wildman–Crippen MR) is 142 cm³/mol. The van der Waals surface area contributed by atoms with Crippen molar-refractivity contribution in [3.05, 3.63) is 78.6 Å². The van der Waals surface area contributed by atoms with Crippen LogP contribution >= 0.6 is 0 Å². The lowest BCUT2D eigenvalue weighted by molar-refractivity contribution is -0.111. The van der Waals surface area contributed by atoms with Gasteiger partial charge in [-0.2, -0.15) is 0 Å². The van der Waals surface area contributed by atoms with E-state index in [0.29, 0.717) is 16.9 Å². The second-order valence-electron chi connectivity index (χ2n) is 9.16. The molecular weight excluding hydrogens is 480 g/mol. The molecule has 0 bridgehead atoms. The van der Waals surface area contributed by atoms with Crippen molar-refractivity contribution >= 4 is 45.2 Å². The molecule has 190 valence electrons. The highest BCUT2D eigenvalue weighted by atomic mass is 32.2. The smallest absolute Gasteiger partial charge is 0.412 e. The van der Waals surface area contributed by atoms with Crippen molar-refractivity contribution < 1.29 is 22.7 Å². The van der Waals surface area contributed by atoms with Gasteiger partial charge in [-0.1, -0.05) is 12.1 Å². The zero-order valence-corrected chi connectivity index (χ0v) is 21.7. The van der Waals surface area contributed by atoms with Gasteiger partial charge in [0, 0.05) is 38.3 Å². The lowest BCUT2D eigenvalue weighted by atomic mass is 10.2. The van der Waals surface area contributed by atoms with Crippen LogP contribution in [0, 0.1) is 0 Å². The molecule has 0 atom stereocenters. The molecule has 1 aromatic heterocycles. The van der Waals surface area contributed by atoms with Crippen LogP contribution in [0.1, 0.15) is 26.3 Å². The molecule has 2 aromatic carbocycles. The number of amides is 2. The highest BCUT2D eigenvalue weighted by Crippen LogP contribution is 2.23. The number of hydrogen-bond acceptors (Lipinski definition) is 6. The predicted octanol–water partition coefficient (Wildman–Crippen LogP) is 4.79. The Morgan fingerprint density at radius 2 is 1.56 bits per heavy atom. The molecule has 2 N–H and O–H groups in total. The molecule has 3 aromatic rings. The third-order valence-corrected chi connectivity index (χ3v) is 6.52. The molecule has 10 heteroatoms. The van der Waals surface area contributed by atoms with Crippen LogP contribution in [0.15, 0.2) is 78.0 Å². The van der Waals surface area contributed by atoms with E-state index >= 15 is 0 Å². The van der Waals surface area contributed by atoms with Gasteiger partial charge in [-0.15, -0.1) is 0 Å². The lowest BCUT2D eigenvalue weighted by Gasteiger charge is -2.20. The highest BCUT2D eigenvalue weighted by Gasteiger charge is 2.18. The SMILES string of the molecule is CN(C)c1ccc(S(=O)(=O)n2ccc(/C=C/C(=O)Nc3ccccc3NC(=O)OC(C)(C)C)c2)cc1. The average Bonchev–Trinajstić information content (AvgIpc) is 3.28. The summed E-state index contributed by atoms with van der Waals surface area (Å²) in [6.45, 7) is 5.26. The van der Waals surface area contributed by atoms with Crippen LogP contribution in [0.2, 0.25) is 0 Å². The number of hydrogen-bond donors (Lipinski definition) is 2. The first-order chi connectivity index (χ1) is 16.8. The number of ether oxygens (including phenoxy) is 1. The van der Waals surface area contributed by atoms with E-state index in [0.717, 1.165) is 9.66 Å². The zero-order valence-electron chi connectivity index (χ0n) is 20.8. The summed E-state index contributed by atoms with van der Waals surface area (Å²) in [5.74, 6) is -0.455. The Balaban J connectivity index is 1.68. The van der Waals surface area contributed by atoms with Gasteiger partial charge in [0.1, 0.15) is 5.60 Å². The number of carbonyl (C=O) groups excluding carboxylic acids is 2. The Bertz CT molecular complexity index is 1370. The molecule has 0 aliphatic rings. The van der Waals surface area contributed by atoms with Gasteiger partial charge in [0.05, 0.1) is 16.3 Å². The number of aromatic nitrogens is 1. The molecule has 0 spiro atoms. The summed E-state index contributed by atoms with van der Waals surface area (Å²) in [6.07, 6.45) is 4.99. The molecule has 0 fully saturated rings. The van der Waals surface area contributed by atoms with Crippen LogP contribution in [-0.2, 0) is 19.6 Å². The van der Waals surface area contributed by atoms with Crippen LogP contribution in [-0.4, -0.2) is 44.1 Å². The first kappa shape index (κ1) is 26.6. The third kappa shape index (κ3) is 6.98. The molecule has 0 saturated heterocycles. The van der Waals surface area contributed by atoms with Crippen LogP contribution in [0.25, 0.3) is 6.08 Å². The molecule has 0 aliphatic carbocycles. The quantitative estimate of drug-likeness (QED) is 0.442. The van der Waals surface area contributed by atoms with Gasteiger partial charge in [0.2, 0.25) is 5.91 Å². The maximum atomic E-state index is 12.9. The van der Waals surface area contributed by atoms with Gasteiger partial charge < -0.3 is 15.0 Å². The number of rotatable bonds is 7. The van der Waals surface area contributed by atoms with Crippen LogP contribution in [0.3, 0.4) is 0 Å². The standard InChI is InChI=1S/C26H30N4O5S/c1-26(2,3)35-25(32)28-23-9-7-6-8-22(23)27-24(31)15-10-19-16-17-30(18-19)36(33,34)21-13-11-20(12-14-21)29(4)5/h6-18H,1-5H3,(H,27,31)(H,28,32)/b15-10+. The average molecular weight is 511 g/mol. The summed E-state index contributed by atoms with van der Waals surface area (Å²) < 4.78 is 32.2. The molecule has 36 heavy (non-hydrogen) atoms. The van der Waals surface area contributed by atoms with Crippen molar-refractivity contribution in [1.29, 1.82) is 0 Å². The molecular formula is C26H30N4O5S. The number of carbonyl (C=O) groups is 2. The normalized spacial score (nSPS) is 11.8. The Labute approximate surface area is 211 Å². The van der Waals surface area contributed by atoms with Gasteiger partial charge in [0.25, 0.3) is 10.0 Å². The number of anilines is 3. The van der Waals surface area contributed by atoms with E-state index in [9.17, 15) is 18.0 Å². The van der Waals surface area contributed by atoms with Gasteiger partial charge in [0.15, 0.2) is 0 Å². The summed E-state index contributed by atoms with van der Waals surface area (Å²) in [5, 5.41) is 5.32. The van der Waals surface area contributed by atoms with Crippen molar-refractivity contribution in [2.24, 2.45) is 0 Å². The van der Waals surface area contributed by atoms with Crippen molar-refractivity contribution in [3.8, 4) is 0 Å². The second-order valence-corrected chi connectivity index (χ2v) is 11.0. The van der Waals surface area contributed by atoms with Crippen LogP contribution in [0.5, 0.6) is 0 Å². The number of nitrogens with zero attached hydrogens (tertiary/aromatic N) is 2. The highest BCUT2D eigenvalue weighted by molar-refractivity contribution is 7.90. The fourth-order valence-corrected chi connectivity index (χ4v) is 4.34. The molecule has 1 heterocycles. The second kappa shape index (κ2) is 10.7. The fourth-order valence-electron chi connectivity index (χ4n) is 3.14. The monoisotopic (exact) mass is 510 g/mol. The van der Waals surface area contributed by atoms with Crippen molar-refractivity contribution in [1.82, 2.24) is 3.97 Å². The molecule has 0 radical (unpaired) electrons. The van der Waals surface area contributed by atoms with Crippen LogP contribution in [0.4, 0.5) is 21.9 Å². The maximum absolute atomic E-state index is 12.9. The Kier molecular flexibility index (Phi) is 7.89. The molecule has 2 amide bonds. The summed E-state index contributed by atoms with van der Waals surface area (Å²) in [6, 6.07) is 14.9. The van der Waals surface area contributed by atoms with E-state index < -0.39 is 27.6 Å². The van der Waals surface area contributed by atoms with Crippen molar-refractivity contribution in [2.75, 3.05) is 29.6 Å². The zero-order chi connectivity index (χ0) is 26.5. The minimum atomic E-state index is -3.77. The van der Waals surface area contributed by atoms with Crippen molar-refractivity contribution in [2.45, 2.75) is 31.3 Å². The van der Waals surface area contributed by atoms with E-state index in [1.54, 1.807) is 75.4 Å². The van der Waals surface area contributed by atoms with Gasteiger partial charge >= 0.3 is 6.09 Å². The van der Waals surface area contributed by atoms with E-state index in [2.05, 4.69) is 10.6 Å². The molecule has 3 rings (SSSR count). The van der Waals surface area contributed by atoms with Crippen LogP contribution < -0.4 is 15.5 Å². The minimum absolute atomic E-state index is 0.158. The summed E-state index contributed by atoms with van der Waals surface area (Å²) in [4.78, 5) is 26.6. The van der Waals surface area contributed by atoms with E-state index in [1.807, 2.05) is 19.0 Å². The minimum Gasteiger partial charge on any atom is -0.444 e. The number of nitrogens with one attached hydrogen (secondary N) is 2. The molecule has 9 nitrogen and oxygen atoms in total. The van der Waals surface area contributed by atoms with E-state index in [-0.39, 0.29) is 4.90 Å². The Morgan fingerprint density at radius 3 is 2.14 bits per heavy atom. The molecule has 0 unspecified atom stereocenters. The summed E-state index contributed by atoms with van der Waals surface area (Å²) in [7, 11) is -0.0157. The Morgan fingerprint density at radius 1 is 0.944 bits per heavy atom. The van der Waals surface area contributed by atoms with E-state index in [4.69, 9.17) is 4.74 Å². The lowest BCUT2D eigenvalue weighted by Crippen LogP contribution is -2.27. The third-order valence-electron chi connectivity index (χ3n) is 4.87. The first-order valence-corrected chi connectivity index (χ1v) is 12.6. The molecule has 0 saturated carbocycles. The number of benzene rings is 2. The molecule has 0 aliphatic heterocycles. The first-order valence-electron chi connectivity index (χ1n) is 11.1. The summed E-state index contributed by atoms with van der Waals surface area (Å²) >= 11 is 0. The maximum Gasteiger partial charge on any atom is 0.412 e. The summed E-state index contributed by atoms with van der Waals surface area (Å²) in [5.41, 5.74) is 1.52. The van der Waals surface area contributed by atoms with Gasteiger partial charge in [-0.3, -0.25) is 10.1 Å². The van der Waals surface area contributed by atoms with Crippen molar-refractivity contribution in [3.63, 3.8) is 0 Å². The Hall–Kier alpha value is -4.05. The van der Waals surface area contributed by atoms with E-state index in [1.165, 1.54) is 24.5 Å². The fraction of sp³-hybridized carbons (Fsp3) is 0.231.